The van der Waals surface area contributed by atoms with Crippen LogP contribution in [0.1, 0.15) is 62.2 Å². The molecule has 0 saturated heterocycles. The van der Waals surface area contributed by atoms with Crippen molar-refractivity contribution in [1.29, 1.82) is 5.26 Å². The summed E-state index contributed by atoms with van der Waals surface area (Å²) >= 11 is 0. The first-order valence-electron chi connectivity index (χ1n) is 8.57. The summed E-state index contributed by atoms with van der Waals surface area (Å²) in [6.07, 6.45) is 5.99. The van der Waals surface area contributed by atoms with Gasteiger partial charge in [0.25, 0.3) is 5.91 Å². The number of amides is 1. The zero-order chi connectivity index (χ0) is 17.4. The van der Waals surface area contributed by atoms with Crippen molar-refractivity contribution in [2.75, 3.05) is 6.61 Å². The minimum Gasteiger partial charge on any atom is -0.484 e. The van der Waals surface area contributed by atoms with Crippen LogP contribution in [0.25, 0.3) is 0 Å². The zero-order valence-corrected chi connectivity index (χ0v) is 14.1. The fourth-order valence-electron chi connectivity index (χ4n) is 2.99. The Morgan fingerprint density at radius 2 is 1.79 bits per heavy atom. The average Bonchev–Trinajstić information content (AvgIpc) is 2.85. The highest BCUT2D eigenvalue weighted by Crippen LogP contribution is 2.26. The van der Waals surface area contributed by atoms with Crippen LogP contribution in [-0.2, 0) is 4.79 Å². The molecule has 0 aliphatic heterocycles. The number of rotatable bonds is 6. The van der Waals surface area contributed by atoms with E-state index < -0.39 is 5.54 Å². The number of benzene rings is 1. The first kappa shape index (κ1) is 18.0. The predicted octanol–water partition coefficient (Wildman–Crippen LogP) is 3.39. The topological polar surface area (TPSA) is 79.2 Å². The van der Waals surface area contributed by atoms with Gasteiger partial charge in [-0.3, -0.25) is 9.59 Å². The van der Waals surface area contributed by atoms with Crippen molar-refractivity contribution in [3.05, 3.63) is 29.8 Å². The second kappa shape index (κ2) is 8.49. The molecule has 1 aliphatic carbocycles. The van der Waals surface area contributed by atoms with Crippen LogP contribution in [0.2, 0.25) is 0 Å². The molecule has 1 aromatic carbocycles. The van der Waals surface area contributed by atoms with E-state index in [9.17, 15) is 14.9 Å². The molecular weight excluding hydrogens is 304 g/mol. The predicted molar refractivity (Wildman–Crippen MR) is 90.7 cm³/mol. The smallest absolute Gasteiger partial charge is 0.259 e. The summed E-state index contributed by atoms with van der Waals surface area (Å²) in [5.41, 5.74) is -0.120. The molecule has 1 aromatic rings. The SMILES string of the molecule is CCC(=O)c1ccc(OCC(=O)NC2(C#N)CCCCCC2)cc1. The number of hydrogen-bond acceptors (Lipinski definition) is 4. The first-order valence-corrected chi connectivity index (χ1v) is 8.57. The molecule has 1 N–H and O–H groups in total. The molecule has 1 saturated carbocycles. The molecule has 1 amide bonds. The summed E-state index contributed by atoms with van der Waals surface area (Å²) in [6, 6.07) is 9.04. The Bertz CT molecular complexity index is 608. The van der Waals surface area contributed by atoms with E-state index in [1.54, 1.807) is 24.3 Å². The highest BCUT2D eigenvalue weighted by Gasteiger charge is 2.32. The monoisotopic (exact) mass is 328 g/mol. The van der Waals surface area contributed by atoms with Crippen LogP contribution in [0, 0.1) is 11.3 Å². The summed E-state index contributed by atoms with van der Waals surface area (Å²) < 4.78 is 5.47. The van der Waals surface area contributed by atoms with Crippen molar-refractivity contribution in [2.45, 2.75) is 57.4 Å². The molecule has 5 heteroatoms. The van der Waals surface area contributed by atoms with Gasteiger partial charge in [0.2, 0.25) is 0 Å². The summed E-state index contributed by atoms with van der Waals surface area (Å²) in [6.45, 7) is 1.68. The largest absolute Gasteiger partial charge is 0.484 e. The maximum atomic E-state index is 12.1. The number of nitrogens with zero attached hydrogens (tertiary/aromatic N) is 1. The molecule has 0 heterocycles. The lowest BCUT2D eigenvalue weighted by molar-refractivity contribution is -0.124. The quantitative estimate of drug-likeness (QED) is 0.641. The molecule has 0 spiro atoms. The summed E-state index contributed by atoms with van der Waals surface area (Å²) in [5.74, 6) is 0.320. The maximum absolute atomic E-state index is 12.1. The summed E-state index contributed by atoms with van der Waals surface area (Å²) in [5, 5.41) is 12.3. The van der Waals surface area contributed by atoms with E-state index in [4.69, 9.17) is 4.74 Å². The van der Waals surface area contributed by atoms with E-state index in [0.29, 0.717) is 30.6 Å². The highest BCUT2D eigenvalue weighted by molar-refractivity contribution is 5.95. The average molecular weight is 328 g/mol. The van der Waals surface area contributed by atoms with Crippen molar-refractivity contribution in [3.63, 3.8) is 0 Å². The summed E-state index contributed by atoms with van der Waals surface area (Å²) in [4.78, 5) is 23.7. The Morgan fingerprint density at radius 3 is 2.33 bits per heavy atom. The normalized spacial score (nSPS) is 16.5. The van der Waals surface area contributed by atoms with Crippen LogP contribution in [0.5, 0.6) is 5.75 Å². The van der Waals surface area contributed by atoms with E-state index in [1.165, 1.54) is 0 Å². The number of ether oxygens (including phenoxy) is 1. The van der Waals surface area contributed by atoms with Crippen molar-refractivity contribution in [1.82, 2.24) is 5.32 Å². The van der Waals surface area contributed by atoms with E-state index >= 15 is 0 Å². The Morgan fingerprint density at radius 1 is 1.17 bits per heavy atom. The molecule has 0 bridgehead atoms. The molecular formula is C19H24N2O3. The van der Waals surface area contributed by atoms with Crippen molar-refractivity contribution in [2.24, 2.45) is 0 Å². The fraction of sp³-hybridized carbons (Fsp3) is 0.526. The Hall–Kier alpha value is -2.35. The number of carbonyl (C=O) groups is 2. The molecule has 1 fully saturated rings. The van der Waals surface area contributed by atoms with Gasteiger partial charge < -0.3 is 10.1 Å². The van der Waals surface area contributed by atoms with Crippen LogP contribution in [0.4, 0.5) is 0 Å². The third kappa shape index (κ3) is 4.82. The third-order valence-corrected chi connectivity index (χ3v) is 4.42. The second-order valence-electron chi connectivity index (χ2n) is 6.25. The Kier molecular flexibility index (Phi) is 6.36. The van der Waals surface area contributed by atoms with E-state index in [2.05, 4.69) is 11.4 Å². The lowest BCUT2D eigenvalue weighted by Gasteiger charge is -2.26. The van der Waals surface area contributed by atoms with Crippen LogP contribution < -0.4 is 10.1 Å². The van der Waals surface area contributed by atoms with Crippen molar-refractivity contribution < 1.29 is 14.3 Å². The minimum absolute atomic E-state index is 0.0728. The van der Waals surface area contributed by atoms with Gasteiger partial charge in [0.1, 0.15) is 11.3 Å². The third-order valence-electron chi connectivity index (χ3n) is 4.42. The lowest BCUT2D eigenvalue weighted by atomic mass is 9.92. The number of carbonyl (C=O) groups excluding carboxylic acids is 2. The number of hydrogen-bond donors (Lipinski definition) is 1. The first-order chi connectivity index (χ1) is 11.6. The number of Topliss-reactive ketones (excluding diaryl/α,β-unsaturated/α-hetero) is 1. The van der Waals surface area contributed by atoms with E-state index in [0.717, 1.165) is 25.7 Å². The Balaban J connectivity index is 1.88. The summed E-state index contributed by atoms with van der Waals surface area (Å²) in [7, 11) is 0. The van der Waals surface area contributed by atoms with Gasteiger partial charge >= 0.3 is 0 Å². The van der Waals surface area contributed by atoms with Crippen LogP contribution >= 0.6 is 0 Å². The Labute approximate surface area is 143 Å². The molecule has 0 atom stereocenters. The maximum Gasteiger partial charge on any atom is 0.259 e. The van der Waals surface area contributed by atoms with Gasteiger partial charge in [0.15, 0.2) is 12.4 Å². The molecule has 0 unspecified atom stereocenters. The van der Waals surface area contributed by atoms with Gasteiger partial charge in [-0.05, 0) is 37.1 Å². The van der Waals surface area contributed by atoms with E-state index in [1.807, 2.05) is 6.92 Å². The minimum atomic E-state index is -0.756. The fourth-order valence-corrected chi connectivity index (χ4v) is 2.99. The molecule has 0 radical (unpaired) electrons. The molecule has 128 valence electrons. The molecule has 1 aliphatic rings. The molecule has 5 nitrogen and oxygen atoms in total. The second-order valence-corrected chi connectivity index (χ2v) is 6.25. The van der Waals surface area contributed by atoms with Crippen molar-refractivity contribution in [3.8, 4) is 11.8 Å². The molecule has 24 heavy (non-hydrogen) atoms. The highest BCUT2D eigenvalue weighted by atomic mass is 16.5. The molecule has 2 rings (SSSR count). The van der Waals surface area contributed by atoms with E-state index in [-0.39, 0.29) is 18.3 Å². The van der Waals surface area contributed by atoms with Gasteiger partial charge in [-0.1, -0.05) is 32.6 Å². The van der Waals surface area contributed by atoms with Crippen LogP contribution in [-0.4, -0.2) is 23.8 Å². The van der Waals surface area contributed by atoms with Gasteiger partial charge in [0.05, 0.1) is 6.07 Å². The van der Waals surface area contributed by atoms with Gasteiger partial charge in [-0.15, -0.1) is 0 Å². The number of nitriles is 1. The van der Waals surface area contributed by atoms with Gasteiger partial charge in [0, 0.05) is 12.0 Å². The standard InChI is InChI=1S/C19H24N2O3/c1-2-17(22)15-7-9-16(10-8-15)24-13-18(23)21-19(14-20)11-5-3-4-6-12-19/h7-10H,2-6,11-13H2,1H3,(H,21,23). The van der Waals surface area contributed by atoms with Crippen LogP contribution in [0.3, 0.4) is 0 Å². The lowest BCUT2D eigenvalue weighted by Crippen LogP contribution is -2.48. The van der Waals surface area contributed by atoms with Gasteiger partial charge in [-0.25, -0.2) is 0 Å². The van der Waals surface area contributed by atoms with Crippen molar-refractivity contribution >= 4 is 11.7 Å². The molecule has 0 aromatic heterocycles. The number of ketones is 1. The van der Waals surface area contributed by atoms with Crippen LogP contribution in [0.15, 0.2) is 24.3 Å². The van der Waals surface area contributed by atoms with Gasteiger partial charge in [-0.2, -0.15) is 5.26 Å². The number of nitrogens with one attached hydrogen (secondary N) is 1. The zero-order valence-electron chi connectivity index (χ0n) is 14.1.